The van der Waals surface area contributed by atoms with Crippen LogP contribution in [-0.2, 0) is 0 Å². The summed E-state index contributed by atoms with van der Waals surface area (Å²) in [5.74, 6) is 0. The van der Waals surface area contributed by atoms with Gasteiger partial charge in [0.25, 0.3) is 0 Å². The van der Waals surface area contributed by atoms with Crippen LogP contribution in [0.2, 0.25) is 0 Å². The number of hydrogen-bond acceptors (Lipinski definition) is 0. The molecule has 0 spiro atoms. The van der Waals surface area contributed by atoms with Gasteiger partial charge in [-0.25, -0.2) is 0 Å². The molecule has 0 nitrogen and oxygen atoms in total. The first-order valence-electron chi connectivity index (χ1n) is 3.07. The highest BCUT2D eigenvalue weighted by Gasteiger charge is 1.91. The standard InChI is InChI=1S/C7H8.BCl3/c1-7-5-3-2-4-6-7;2-1(3)4/h2-6H,1H3;. The van der Waals surface area contributed by atoms with Crippen LogP contribution in [0.25, 0.3) is 0 Å². The van der Waals surface area contributed by atoms with Gasteiger partial charge in [0.05, 0.1) is 0 Å². The van der Waals surface area contributed by atoms with Gasteiger partial charge in [0.15, 0.2) is 0 Å². The minimum absolute atomic E-state index is 0.750. The van der Waals surface area contributed by atoms with Crippen molar-refractivity contribution in [1.82, 2.24) is 0 Å². The minimum atomic E-state index is -0.750. The van der Waals surface area contributed by atoms with Crippen LogP contribution < -0.4 is 0 Å². The first kappa shape index (κ1) is 11.2. The normalized spacial score (nSPS) is 8.00. The molecular weight excluding hydrogens is 201 g/mol. The third kappa shape index (κ3) is 10.2. The fraction of sp³-hybridized carbons (Fsp3) is 0.143. The number of rotatable bonds is 0. The lowest BCUT2D eigenvalue weighted by atomic mass is 10.2. The first-order valence-corrected chi connectivity index (χ1v) is 4.37. The summed E-state index contributed by atoms with van der Waals surface area (Å²) in [6, 6.07) is 10.3. The fourth-order valence-electron chi connectivity index (χ4n) is 0.534. The Labute approximate surface area is 82.3 Å². The zero-order valence-electron chi connectivity index (χ0n) is 6.10. The van der Waals surface area contributed by atoms with E-state index in [2.05, 4.69) is 19.1 Å². The summed E-state index contributed by atoms with van der Waals surface area (Å²) in [7, 11) is 0. The zero-order chi connectivity index (χ0) is 8.69. The van der Waals surface area contributed by atoms with Gasteiger partial charge in [0, 0.05) is 0 Å². The Balaban J connectivity index is 0.000000218. The molecule has 1 rings (SSSR count). The van der Waals surface area contributed by atoms with E-state index in [1.165, 1.54) is 5.56 Å². The molecule has 0 bridgehead atoms. The van der Waals surface area contributed by atoms with E-state index in [1.807, 2.05) is 18.2 Å². The Hall–Kier alpha value is 0.155. The van der Waals surface area contributed by atoms with Crippen LogP contribution in [-0.4, -0.2) is 4.96 Å². The average Bonchev–Trinajstić information content (AvgIpc) is 1.87. The van der Waals surface area contributed by atoms with E-state index in [0.29, 0.717) is 0 Å². The van der Waals surface area contributed by atoms with E-state index in [-0.39, 0.29) is 0 Å². The second-order valence-corrected chi connectivity index (χ2v) is 3.88. The van der Waals surface area contributed by atoms with Crippen LogP contribution >= 0.6 is 34.4 Å². The molecule has 0 radical (unpaired) electrons. The van der Waals surface area contributed by atoms with E-state index in [4.69, 9.17) is 34.4 Å². The molecule has 0 aliphatic heterocycles. The molecule has 0 aliphatic rings. The summed E-state index contributed by atoms with van der Waals surface area (Å²) in [5.41, 5.74) is 1.32. The average molecular weight is 209 g/mol. The minimum Gasteiger partial charge on any atom is -0.150 e. The molecule has 0 amide bonds. The Morgan fingerprint density at radius 2 is 1.36 bits per heavy atom. The molecule has 0 unspecified atom stereocenters. The molecule has 1 aromatic carbocycles. The third-order valence-corrected chi connectivity index (χ3v) is 0.940. The molecule has 0 N–H and O–H groups in total. The molecule has 11 heavy (non-hydrogen) atoms. The van der Waals surface area contributed by atoms with Gasteiger partial charge in [-0.15, -0.1) is 0 Å². The van der Waals surface area contributed by atoms with E-state index >= 15 is 0 Å². The smallest absolute Gasteiger partial charge is 0.150 e. The molecule has 4 heteroatoms. The Morgan fingerprint density at radius 3 is 1.55 bits per heavy atom. The molecule has 1 aromatic rings. The molecule has 0 saturated carbocycles. The lowest BCUT2D eigenvalue weighted by molar-refractivity contribution is 1.48. The Bertz CT molecular complexity index is 174. The second-order valence-electron chi connectivity index (χ2n) is 1.90. The van der Waals surface area contributed by atoms with Gasteiger partial charge in [-0.2, -0.15) is 34.4 Å². The van der Waals surface area contributed by atoms with Crippen molar-refractivity contribution in [2.24, 2.45) is 0 Å². The Kier molecular flexibility index (Phi) is 6.94. The van der Waals surface area contributed by atoms with Crippen LogP contribution in [0.5, 0.6) is 0 Å². The fourth-order valence-corrected chi connectivity index (χ4v) is 0.534. The van der Waals surface area contributed by atoms with E-state index in [1.54, 1.807) is 0 Å². The van der Waals surface area contributed by atoms with Crippen molar-refractivity contribution in [2.75, 3.05) is 0 Å². The summed E-state index contributed by atoms with van der Waals surface area (Å²) in [6.45, 7) is 2.08. The zero-order valence-corrected chi connectivity index (χ0v) is 8.37. The molecule has 0 aliphatic carbocycles. The lowest BCUT2D eigenvalue weighted by Crippen LogP contribution is -1.66. The Morgan fingerprint density at radius 1 is 1.00 bits per heavy atom. The molecule has 0 saturated heterocycles. The van der Waals surface area contributed by atoms with Gasteiger partial charge in [-0.05, 0) is 6.92 Å². The van der Waals surface area contributed by atoms with Crippen LogP contribution in [0.15, 0.2) is 30.3 Å². The van der Waals surface area contributed by atoms with Crippen molar-refractivity contribution in [3.8, 4) is 0 Å². The summed E-state index contributed by atoms with van der Waals surface area (Å²) in [5, 5.41) is 0. The predicted molar refractivity (Wildman–Crippen MR) is 54.5 cm³/mol. The number of halogens is 3. The van der Waals surface area contributed by atoms with Gasteiger partial charge in [0.1, 0.15) is 0 Å². The van der Waals surface area contributed by atoms with Gasteiger partial charge in [-0.1, -0.05) is 35.9 Å². The highest BCUT2D eigenvalue weighted by molar-refractivity contribution is 7.54. The summed E-state index contributed by atoms with van der Waals surface area (Å²) in [6.07, 6.45) is 0. The number of hydrogen-bond donors (Lipinski definition) is 0. The monoisotopic (exact) mass is 208 g/mol. The molecule has 60 valence electrons. The van der Waals surface area contributed by atoms with E-state index < -0.39 is 4.96 Å². The van der Waals surface area contributed by atoms with Crippen molar-refractivity contribution in [3.63, 3.8) is 0 Å². The van der Waals surface area contributed by atoms with Crippen LogP contribution in [0.1, 0.15) is 5.56 Å². The highest BCUT2D eigenvalue weighted by atomic mass is 35.6. The SMILES string of the molecule is Cc1ccccc1.ClB(Cl)Cl. The lowest BCUT2D eigenvalue weighted by Gasteiger charge is -1.82. The summed E-state index contributed by atoms with van der Waals surface area (Å²) < 4.78 is 0. The molecular formula is C7H8BCl3. The van der Waals surface area contributed by atoms with Gasteiger partial charge < -0.3 is 0 Å². The van der Waals surface area contributed by atoms with Crippen LogP contribution in [0.4, 0.5) is 0 Å². The van der Waals surface area contributed by atoms with Crippen molar-refractivity contribution in [2.45, 2.75) is 6.92 Å². The highest BCUT2D eigenvalue weighted by Crippen LogP contribution is 1.97. The van der Waals surface area contributed by atoms with Crippen LogP contribution in [0.3, 0.4) is 0 Å². The number of benzene rings is 1. The second kappa shape index (κ2) is 6.84. The van der Waals surface area contributed by atoms with Gasteiger partial charge in [-0.3, -0.25) is 0 Å². The first-order chi connectivity index (χ1) is 5.13. The maximum Gasteiger partial charge on any atom is 0.450 e. The predicted octanol–water partition coefficient (Wildman–Crippen LogP) is 3.68. The van der Waals surface area contributed by atoms with Crippen molar-refractivity contribution in [1.29, 1.82) is 0 Å². The molecule has 0 atom stereocenters. The largest absolute Gasteiger partial charge is 0.450 e. The maximum absolute atomic E-state index is 4.81. The quantitative estimate of drug-likeness (QED) is 0.572. The van der Waals surface area contributed by atoms with Gasteiger partial charge in [0.2, 0.25) is 0 Å². The maximum atomic E-state index is 4.81. The molecule has 0 fully saturated rings. The molecule has 0 heterocycles. The van der Waals surface area contributed by atoms with Crippen molar-refractivity contribution < 1.29 is 0 Å². The number of aryl methyl sites for hydroxylation is 1. The van der Waals surface area contributed by atoms with Crippen LogP contribution in [0, 0.1) is 6.92 Å². The van der Waals surface area contributed by atoms with Crippen molar-refractivity contribution >= 4 is 39.3 Å². The topological polar surface area (TPSA) is 0 Å². The van der Waals surface area contributed by atoms with Gasteiger partial charge >= 0.3 is 4.96 Å². The van der Waals surface area contributed by atoms with Crippen molar-refractivity contribution in [3.05, 3.63) is 35.9 Å². The third-order valence-electron chi connectivity index (χ3n) is 0.940. The summed E-state index contributed by atoms with van der Waals surface area (Å²) in [4.78, 5) is -0.750. The van der Waals surface area contributed by atoms with E-state index in [9.17, 15) is 0 Å². The summed E-state index contributed by atoms with van der Waals surface area (Å²) >= 11 is 14.4. The van der Waals surface area contributed by atoms with E-state index in [0.717, 1.165) is 0 Å². The molecule has 0 aromatic heterocycles.